The third-order valence-electron chi connectivity index (χ3n) is 10.9. The summed E-state index contributed by atoms with van der Waals surface area (Å²) in [4.78, 5) is 15.1. The van der Waals surface area contributed by atoms with Crippen LogP contribution >= 0.6 is 11.3 Å². The van der Waals surface area contributed by atoms with Crippen molar-refractivity contribution in [1.29, 1.82) is 0 Å². The van der Waals surface area contributed by atoms with Gasteiger partial charge in [0.05, 0.1) is 0 Å². The zero-order valence-electron chi connectivity index (χ0n) is 30.3. The van der Waals surface area contributed by atoms with Gasteiger partial charge in [-0.2, -0.15) is 0 Å². The molecule has 0 fully saturated rings. The summed E-state index contributed by atoms with van der Waals surface area (Å²) in [6, 6.07) is 60.9. The molecular formula is C51H29N3O2S. The average Bonchev–Trinajstić information content (AvgIpc) is 3.97. The Morgan fingerprint density at radius 2 is 0.930 bits per heavy atom. The van der Waals surface area contributed by atoms with Crippen LogP contribution in [0.3, 0.4) is 0 Å². The quantitative estimate of drug-likeness (QED) is 0.175. The third-order valence-corrected chi connectivity index (χ3v) is 12.1. The van der Waals surface area contributed by atoms with Gasteiger partial charge in [-0.1, -0.05) is 127 Å². The molecule has 4 aromatic heterocycles. The van der Waals surface area contributed by atoms with E-state index in [0.29, 0.717) is 17.5 Å². The number of fused-ring (bicyclic) bond motifs is 9. The molecule has 0 bridgehead atoms. The lowest BCUT2D eigenvalue weighted by Crippen LogP contribution is -2.00. The van der Waals surface area contributed by atoms with Crippen molar-refractivity contribution in [3.8, 4) is 56.4 Å². The van der Waals surface area contributed by atoms with E-state index in [1.165, 1.54) is 20.2 Å². The van der Waals surface area contributed by atoms with Crippen molar-refractivity contribution in [2.45, 2.75) is 0 Å². The van der Waals surface area contributed by atoms with E-state index in [0.717, 1.165) is 82.8 Å². The first-order chi connectivity index (χ1) is 28.2. The fraction of sp³-hybridized carbons (Fsp3) is 0. The highest BCUT2D eigenvalue weighted by Gasteiger charge is 2.21. The van der Waals surface area contributed by atoms with Crippen LogP contribution < -0.4 is 0 Å². The van der Waals surface area contributed by atoms with Gasteiger partial charge in [-0.25, -0.2) is 15.0 Å². The predicted octanol–water partition coefficient (Wildman–Crippen LogP) is 14.4. The molecule has 0 aliphatic carbocycles. The fourth-order valence-corrected chi connectivity index (χ4v) is 9.41. The molecule has 5 nitrogen and oxygen atoms in total. The Labute approximate surface area is 330 Å². The summed E-state index contributed by atoms with van der Waals surface area (Å²) in [5.74, 6) is 1.82. The predicted molar refractivity (Wildman–Crippen MR) is 234 cm³/mol. The third kappa shape index (κ3) is 5.19. The van der Waals surface area contributed by atoms with Crippen molar-refractivity contribution >= 4 is 75.4 Å². The zero-order chi connectivity index (χ0) is 37.5. The molecule has 0 aliphatic heterocycles. The summed E-state index contributed by atoms with van der Waals surface area (Å²) in [7, 11) is 0. The molecule has 57 heavy (non-hydrogen) atoms. The van der Waals surface area contributed by atoms with Crippen molar-refractivity contribution in [2.75, 3.05) is 0 Å². The molecule has 12 aromatic rings. The molecule has 0 saturated heterocycles. The fourth-order valence-electron chi connectivity index (χ4n) is 8.26. The molecule has 8 aromatic carbocycles. The maximum atomic E-state index is 6.59. The highest BCUT2D eigenvalue weighted by molar-refractivity contribution is 7.25. The van der Waals surface area contributed by atoms with Gasteiger partial charge < -0.3 is 8.83 Å². The topological polar surface area (TPSA) is 65.0 Å². The van der Waals surface area contributed by atoms with Crippen LogP contribution in [0.2, 0.25) is 0 Å². The molecule has 266 valence electrons. The van der Waals surface area contributed by atoms with Crippen molar-refractivity contribution in [2.24, 2.45) is 0 Å². The summed E-state index contributed by atoms with van der Waals surface area (Å²) in [6.45, 7) is 0. The van der Waals surface area contributed by atoms with Gasteiger partial charge in [0.2, 0.25) is 0 Å². The van der Waals surface area contributed by atoms with Crippen molar-refractivity contribution < 1.29 is 8.83 Å². The van der Waals surface area contributed by atoms with Crippen LogP contribution in [0.15, 0.2) is 185 Å². The first-order valence-electron chi connectivity index (χ1n) is 18.9. The van der Waals surface area contributed by atoms with E-state index < -0.39 is 0 Å². The lowest BCUT2D eigenvalue weighted by atomic mass is 9.93. The maximum Gasteiger partial charge on any atom is 0.164 e. The van der Waals surface area contributed by atoms with Crippen LogP contribution in [-0.2, 0) is 0 Å². The van der Waals surface area contributed by atoms with E-state index in [4.69, 9.17) is 23.8 Å². The number of benzene rings is 8. The summed E-state index contributed by atoms with van der Waals surface area (Å²) in [5.41, 5.74) is 10.4. The van der Waals surface area contributed by atoms with Crippen LogP contribution in [0.25, 0.3) is 120 Å². The maximum absolute atomic E-state index is 6.59. The average molecular weight is 748 g/mol. The Balaban J connectivity index is 1.08. The minimum absolute atomic E-state index is 0.586. The molecule has 12 rings (SSSR count). The van der Waals surface area contributed by atoms with E-state index in [9.17, 15) is 0 Å². The Morgan fingerprint density at radius 1 is 0.316 bits per heavy atom. The number of hydrogen-bond acceptors (Lipinski definition) is 6. The zero-order valence-corrected chi connectivity index (χ0v) is 31.1. The van der Waals surface area contributed by atoms with E-state index >= 15 is 0 Å². The van der Waals surface area contributed by atoms with E-state index in [2.05, 4.69) is 91.0 Å². The minimum Gasteiger partial charge on any atom is -0.456 e. The second-order valence-electron chi connectivity index (χ2n) is 14.3. The Bertz CT molecular complexity index is 3470. The largest absolute Gasteiger partial charge is 0.456 e. The van der Waals surface area contributed by atoms with Crippen LogP contribution in [0, 0.1) is 0 Å². The van der Waals surface area contributed by atoms with Crippen LogP contribution in [0.4, 0.5) is 0 Å². The molecule has 0 saturated carbocycles. The number of thiophene rings is 1. The molecule has 0 radical (unpaired) electrons. The molecular weight excluding hydrogens is 719 g/mol. The minimum atomic E-state index is 0.586. The Kier molecular flexibility index (Phi) is 7.03. The van der Waals surface area contributed by atoms with Gasteiger partial charge in [0.25, 0.3) is 0 Å². The van der Waals surface area contributed by atoms with Gasteiger partial charge in [-0.15, -0.1) is 11.3 Å². The highest BCUT2D eigenvalue weighted by Crippen LogP contribution is 2.44. The summed E-state index contributed by atoms with van der Waals surface area (Å²) in [5, 5.41) is 6.68. The van der Waals surface area contributed by atoms with Crippen LogP contribution in [0.1, 0.15) is 0 Å². The summed E-state index contributed by atoms with van der Waals surface area (Å²) < 4.78 is 15.7. The van der Waals surface area contributed by atoms with E-state index in [1.54, 1.807) is 0 Å². The standard InChI is InChI=1S/C51H29N3O2S/c1-3-12-30(13-4-1)49-52-50(31-14-5-2-6-15-31)54-51(53-49)38-18-11-20-43-48(38)40-26-33(23-25-42(40)55-43)39-27-34(28-44-47(39)37-17-7-9-19-41(37)56-44)32-22-24-36-35-16-8-10-21-45(35)57-46(36)29-32/h1-29H. The summed E-state index contributed by atoms with van der Waals surface area (Å²) in [6.07, 6.45) is 0. The smallest absolute Gasteiger partial charge is 0.164 e. The van der Waals surface area contributed by atoms with Gasteiger partial charge in [-0.05, 0) is 70.8 Å². The Morgan fingerprint density at radius 3 is 1.74 bits per heavy atom. The monoisotopic (exact) mass is 747 g/mol. The van der Waals surface area contributed by atoms with Crippen molar-refractivity contribution in [1.82, 2.24) is 15.0 Å². The first-order valence-corrected chi connectivity index (χ1v) is 19.7. The molecule has 0 aliphatic rings. The number of furan rings is 2. The number of aromatic nitrogens is 3. The van der Waals surface area contributed by atoms with Gasteiger partial charge in [0, 0.05) is 58.4 Å². The molecule has 0 spiro atoms. The number of para-hydroxylation sites is 1. The molecule has 0 atom stereocenters. The van der Waals surface area contributed by atoms with Gasteiger partial charge >= 0.3 is 0 Å². The number of nitrogens with zero attached hydrogens (tertiary/aromatic N) is 3. The second kappa shape index (κ2) is 12.6. The molecule has 6 heteroatoms. The Hall–Kier alpha value is -7.41. The van der Waals surface area contributed by atoms with Crippen molar-refractivity contribution in [3.05, 3.63) is 176 Å². The highest BCUT2D eigenvalue weighted by atomic mass is 32.1. The molecule has 0 amide bonds. The number of rotatable bonds is 5. The van der Waals surface area contributed by atoms with Gasteiger partial charge in [0.15, 0.2) is 17.5 Å². The number of hydrogen-bond donors (Lipinski definition) is 0. The van der Waals surface area contributed by atoms with Crippen LogP contribution in [-0.4, -0.2) is 15.0 Å². The first kappa shape index (κ1) is 31.9. The van der Waals surface area contributed by atoms with E-state index in [1.807, 2.05) is 96.3 Å². The van der Waals surface area contributed by atoms with Crippen molar-refractivity contribution in [3.63, 3.8) is 0 Å². The van der Waals surface area contributed by atoms with E-state index in [-0.39, 0.29) is 0 Å². The second-order valence-corrected chi connectivity index (χ2v) is 15.4. The molecule has 4 heterocycles. The molecule has 0 N–H and O–H groups in total. The lowest BCUT2D eigenvalue weighted by molar-refractivity contribution is 0.669. The lowest BCUT2D eigenvalue weighted by Gasteiger charge is -2.10. The van der Waals surface area contributed by atoms with Crippen LogP contribution in [0.5, 0.6) is 0 Å². The van der Waals surface area contributed by atoms with Gasteiger partial charge in [0.1, 0.15) is 22.3 Å². The normalized spacial score (nSPS) is 11.9. The molecule has 0 unspecified atom stereocenters. The summed E-state index contributed by atoms with van der Waals surface area (Å²) >= 11 is 1.83. The van der Waals surface area contributed by atoms with Gasteiger partial charge in [-0.3, -0.25) is 0 Å². The SMILES string of the molecule is c1ccc(-c2nc(-c3ccccc3)nc(-c3cccc4oc5ccc(-c6cc(-c7ccc8c(c7)sc7ccccc78)cc7oc8ccccc8c67)cc5c34)n2)cc1.